The van der Waals surface area contributed by atoms with Crippen LogP contribution in [0.5, 0.6) is 6.01 Å². The average molecular weight is 675 g/mol. The molecule has 0 bridgehead atoms. The minimum atomic E-state index is -0.762. The summed E-state index contributed by atoms with van der Waals surface area (Å²) < 4.78 is 37.7. The van der Waals surface area contributed by atoms with Gasteiger partial charge in [-0.3, -0.25) is 14.7 Å². The van der Waals surface area contributed by atoms with Gasteiger partial charge in [0.1, 0.15) is 29.4 Å². The SMILES string of the molecule is CN1CCC[C@H]1COc1nc(/[N+](C)=C/C2CCN(C(=O)/C=C/CN3CC(F)C3)C2)c2cnc(-c3cccc4cccc(Cl)c34)c(F)c2n1. The first kappa shape index (κ1) is 32.5. The molecule has 0 N–H and O–H groups in total. The Bertz CT molecular complexity index is 1910. The number of fused-ring (bicyclic) bond motifs is 2. The molecular formula is C36H39ClF2N7O2+. The van der Waals surface area contributed by atoms with Crippen molar-refractivity contribution in [3.05, 3.63) is 65.6 Å². The fourth-order valence-electron chi connectivity index (χ4n) is 6.96. The maximum absolute atomic E-state index is 16.6. The van der Waals surface area contributed by atoms with Crippen molar-refractivity contribution in [2.45, 2.75) is 31.5 Å². The smallest absolute Gasteiger partial charge is 0.434 e. The van der Waals surface area contributed by atoms with Gasteiger partial charge in [0, 0.05) is 77.9 Å². The highest BCUT2D eigenvalue weighted by atomic mass is 35.5. The van der Waals surface area contributed by atoms with E-state index in [9.17, 15) is 9.18 Å². The van der Waals surface area contributed by atoms with E-state index in [1.54, 1.807) is 24.4 Å². The maximum Gasteiger partial charge on any atom is 0.434 e. The zero-order valence-corrected chi connectivity index (χ0v) is 27.9. The molecule has 5 heterocycles. The Balaban J connectivity index is 1.19. The van der Waals surface area contributed by atoms with Crippen molar-refractivity contribution in [1.82, 2.24) is 29.7 Å². The number of likely N-dealkylation sites (N-methyl/N-ethyl adjacent to an activating group) is 1. The number of pyridine rings is 1. The number of hydrogen-bond acceptors (Lipinski definition) is 7. The fraction of sp³-hybridized carbons (Fsp3) is 0.417. The lowest BCUT2D eigenvalue weighted by molar-refractivity contribution is -0.405. The lowest BCUT2D eigenvalue weighted by Gasteiger charge is -2.33. The van der Waals surface area contributed by atoms with Gasteiger partial charge in [0.2, 0.25) is 5.91 Å². The number of alkyl halides is 1. The van der Waals surface area contributed by atoms with Crippen LogP contribution in [-0.4, -0.2) is 119 Å². The average Bonchev–Trinajstić information content (AvgIpc) is 3.71. The topological polar surface area (TPSA) is 77.7 Å². The van der Waals surface area contributed by atoms with Crippen molar-refractivity contribution in [1.29, 1.82) is 0 Å². The van der Waals surface area contributed by atoms with Gasteiger partial charge in [0.05, 0.1) is 13.3 Å². The first-order valence-electron chi connectivity index (χ1n) is 16.5. The number of likely N-dealkylation sites (tertiary alicyclic amines) is 3. The van der Waals surface area contributed by atoms with Crippen LogP contribution in [0.2, 0.25) is 5.02 Å². The summed E-state index contributed by atoms with van der Waals surface area (Å²) in [6, 6.07) is 11.5. The number of carbonyl (C=O) groups is 1. The number of carbonyl (C=O) groups excluding carboxylic acids is 1. The molecule has 12 heteroatoms. The van der Waals surface area contributed by atoms with Crippen molar-refractivity contribution in [3.8, 4) is 17.3 Å². The van der Waals surface area contributed by atoms with Crippen LogP contribution in [0.15, 0.2) is 54.7 Å². The molecule has 3 aliphatic heterocycles. The molecule has 0 radical (unpaired) electrons. The van der Waals surface area contributed by atoms with E-state index in [0.29, 0.717) is 61.1 Å². The Morgan fingerprint density at radius 1 is 1.12 bits per heavy atom. The van der Waals surface area contributed by atoms with Crippen LogP contribution in [0.1, 0.15) is 19.3 Å². The molecule has 9 nitrogen and oxygen atoms in total. The van der Waals surface area contributed by atoms with E-state index in [1.165, 1.54) is 0 Å². The quantitative estimate of drug-likeness (QED) is 0.132. The molecule has 4 aromatic rings. The second-order valence-electron chi connectivity index (χ2n) is 13.1. The minimum Gasteiger partial charge on any atom is -0.443 e. The molecule has 250 valence electrons. The Kier molecular flexibility index (Phi) is 9.35. The maximum atomic E-state index is 16.6. The first-order chi connectivity index (χ1) is 23.2. The van der Waals surface area contributed by atoms with Gasteiger partial charge in [-0.25, -0.2) is 13.4 Å². The van der Waals surface area contributed by atoms with Crippen LogP contribution < -0.4 is 4.74 Å². The minimum absolute atomic E-state index is 0.0572. The number of amides is 1. The molecule has 2 atom stereocenters. The number of ether oxygens (including phenoxy) is 1. The lowest BCUT2D eigenvalue weighted by atomic mass is 10.0. The Morgan fingerprint density at radius 3 is 2.71 bits per heavy atom. The summed E-state index contributed by atoms with van der Waals surface area (Å²) in [5.41, 5.74) is 0.836. The van der Waals surface area contributed by atoms with E-state index in [-0.39, 0.29) is 35.1 Å². The van der Waals surface area contributed by atoms with Crippen molar-refractivity contribution >= 4 is 51.2 Å². The van der Waals surface area contributed by atoms with Crippen LogP contribution >= 0.6 is 11.6 Å². The van der Waals surface area contributed by atoms with Crippen molar-refractivity contribution in [2.24, 2.45) is 5.92 Å². The number of nitrogens with zero attached hydrogens (tertiary/aromatic N) is 7. The standard InChI is InChI=1S/C36H39ClF2N7O2/c1-43-14-5-9-26(43)22-48-36-41-34-28(17-40-33(32(34)39)27-10-3-7-24-8-4-11-29(37)31(24)27)35(42-36)44(2)18-23-13-16-46(19-23)30(47)12-6-15-45-20-25(38)21-45/h3-4,6-8,10-12,17-18,23,25-26H,5,9,13-16,19-22H2,1-2H3/q+1/b12-6+,44-18+/t23?,26-/m0/s1. The van der Waals surface area contributed by atoms with Gasteiger partial charge in [-0.05, 0) is 44.3 Å². The summed E-state index contributed by atoms with van der Waals surface area (Å²) in [6.45, 7) is 3.98. The Hall–Kier alpha value is -4.06. The highest BCUT2D eigenvalue weighted by molar-refractivity contribution is 6.36. The molecule has 3 aliphatic rings. The molecule has 0 spiro atoms. The summed E-state index contributed by atoms with van der Waals surface area (Å²) >= 11 is 6.60. The van der Waals surface area contributed by atoms with Crippen molar-refractivity contribution in [3.63, 3.8) is 0 Å². The third-order valence-corrected chi connectivity index (χ3v) is 9.99. The van der Waals surface area contributed by atoms with Gasteiger partial charge in [-0.15, -0.1) is 0 Å². The van der Waals surface area contributed by atoms with Crippen LogP contribution in [0.25, 0.3) is 32.9 Å². The van der Waals surface area contributed by atoms with E-state index in [0.717, 1.165) is 36.6 Å². The summed E-state index contributed by atoms with van der Waals surface area (Å²) in [5.74, 6) is -0.108. The fourth-order valence-corrected chi connectivity index (χ4v) is 7.24. The summed E-state index contributed by atoms with van der Waals surface area (Å²) in [5, 5.41) is 2.56. The normalized spacial score (nSPS) is 21.2. The third kappa shape index (κ3) is 6.63. The first-order valence-corrected chi connectivity index (χ1v) is 16.9. The summed E-state index contributed by atoms with van der Waals surface area (Å²) in [4.78, 5) is 32.8. The van der Waals surface area contributed by atoms with E-state index < -0.39 is 12.0 Å². The van der Waals surface area contributed by atoms with E-state index >= 15 is 4.39 Å². The lowest BCUT2D eigenvalue weighted by Crippen LogP contribution is -2.48. The number of rotatable bonds is 9. The van der Waals surface area contributed by atoms with E-state index in [4.69, 9.17) is 21.3 Å². The van der Waals surface area contributed by atoms with Gasteiger partial charge in [0.25, 0.3) is 0 Å². The van der Waals surface area contributed by atoms with Crippen LogP contribution in [0.4, 0.5) is 14.6 Å². The zero-order chi connectivity index (χ0) is 33.4. The molecular weight excluding hydrogens is 636 g/mol. The molecule has 3 saturated heterocycles. The summed E-state index contributed by atoms with van der Waals surface area (Å²) in [7, 11) is 3.93. The van der Waals surface area contributed by atoms with Gasteiger partial charge in [-0.2, -0.15) is 4.98 Å². The number of halogens is 3. The summed E-state index contributed by atoms with van der Waals surface area (Å²) in [6.07, 6.45) is 9.13. The van der Waals surface area contributed by atoms with Crippen molar-refractivity contribution < 1.29 is 22.9 Å². The van der Waals surface area contributed by atoms with E-state index in [2.05, 4.69) is 21.9 Å². The van der Waals surface area contributed by atoms with Crippen LogP contribution in [-0.2, 0) is 4.79 Å². The van der Waals surface area contributed by atoms with Gasteiger partial charge < -0.3 is 14.5 Å². The van der Waals surface area contributed by atoms with Crippen LogP contribution in [0, 0.1) is 11.7 Å². The van der Waals surface area contributed by atoms with Gasteiger partial charge in [0.15, 0.2) is 5.82 Å². The molecule has 1 unspecified atom stereocenters. The second kappa shape index (κ2) is 13.8. The Labute approximate surface area is 283 Å². The third-order valence-electron chi connectivity index (χ3n) is 9.67. The number of benzene rings is 2. The van der Waals surface area contributed by atoms with Gasteiger partial charge in [-0.1, -0.05) is 48.0 Å². The van der Waals surface area contributed by atoms with Crippen molar-refractivity contribution in [2.75, 3.05) is 60.0 Å². The molecule has 2 aromatic heterocycles. The second-order valence-corrected chi connectivity index (χ2v) is 13.5. The molecule has 1 amide bonds. The molecule has 2 aromatic carbocycles. The molecule has 48 heavy (non-hydrogen) atoms. The Morgan fingerprint density at radius 2 is 1.94 bits per heavy atom. The highest BCUT2D eigenvalue weighted by Gasteiger charge is 2.30. The van der Waals surface area contributed by atoms with Crippen LogP contribution in [0.3, 0.4) is 0 Å². The monoisotopic (exact) mass is 674 g/mol. The number of hydrogen-bond donors (Lipinski definition) is 0. The molecule has 0 saturated carbocycles. The van der Waals surface area contributed by atoms with E-state index in [1.807, 2.05) is 58.0 Å². The molecule has 0 aliphatic carbocycles. The largest absolute Gasteiger partial charge is 0.443 e. The predicted octanol–water partition coefficient (Wildman–Crippen LogP) is 5.51. The molecule has 3 fully saturated rings. The zero-order valence-electron chi connectivity index (χ0n) is 27.2. The predicted molar refractivity (Wildman–Crippen MR) is 183 cm³/mol. The highest BCUT2D eigenvalue weighted by Crippen LogP contribution is 2.37. The molecule has 7 rings (SSSR count). The number of aromatic nitrogens is 3. The van der Waals surface area contributed by atoms with Gasteiger partial charge >= 0.3 is 11.8 Å².